The summed E-state index contributed by atoms with van der Waals surface area (Å²) >= 11 is 5.09. The van der Waals surface area contributed by atoms with Crippen molar-refractivity contribution in [3.8, 4) is 5.75 Å². The molecule has 7 aromatic rings. The third-order valence-electron chi connectivity index (χ3n) is 22.7. The number of ether oxygens (including phenoxy) is 14. The van der Waals surface area contributed by atoms with E-state index in [1.54, 1.807) is 12.1 Å². The summed E-state index contributed by atoms with van der Waals surface area (Å²) in [5, 5.41) is 253. The monoisotopic (exact) mass is 1740 g/mol. The molecule has 24 aliphatic rings. The fraction of sp³-hybridized carbons (Fsp3) is 0.627. The number of hydrogen-bond donors (Lipinski definition) is 23. The van der Waals surface area contributed by atoms with Gasteiger partial charge >= 0.3 is 0 Å². The summed E-state index contributed by atoms with van der Waals surface area (Å²) in [6, 6.07) is 21.4. The van der Waals surface area contributed by atoms with Gasteiger partial charge in [0.15, 0.2) is 44.0 Å². The van der Waals surface area contributed by atoms with Crippen LogP contribution in [0.5, 0.6) is 5.75 Å². The molecule has 26 heterocycles. The van der Waals surface area contributed by atoms with Gasteiger partial charge < -0.3 is 184 Å². The zero-order chi connectivity index (χ0) is 82.8. The molecule has 118 heavy (non-hydrogen) atoms. The van der Waals surface area contributed by atoms with E-state index in [9.17, 15) is 102 Å². The molecule has 35 atom stereocenters. The third kappa shape index (κ3) is 17.4. The molecular formula is C75H95N5O34S4. The molecule has 39 nitrogen and oxygen atoms in total. The van der Waals surface area contributed by atoms with E-state index in [4.69, 9.17) is 76.3 Å². The molecule has 21 fully saturated rings. The van der Waals surface area contributed by atoms with E-state index in [0.717, 1.165) is 54.9 Å². The number of aromatic hydroxyl groups is 1. The van der Waals surface area contributed by atoms with Crippen LogP contribution in [0.3, 0.4) is 0 Å². The fourth-order valence-electron chi connectivity index (χ4n) is 16.4. The van der Waals surface area contributed by atoms with E-state index in [1.807, 2.05) is 29.0 Å². The Morgan fingerprint density at radius 2 is 0.669 bits per heavy atom. The second-order valence-corrected chi connectivity index (χ2v) is 34.3. The summed E-state index contributed by atoms with van der Waals surface area (Å²) in [6.07, 6.45) is -69.5. The van der Waals surface area contributed by atoms with Crippen molar-refractivity contribution in [3.63, 3.8) is 0 Å². The lowest BCUT2D eigenvalue weighted by Gasteiger charge is -2.50. The molecule has 21 unspecified atom stereocenters. The van der Waals surface area contributed by atoms with Crippen LogP contribution in [0.25, 0.3) is 32.3 Å². The predicted molar refractivity (Wildman–Crippen MR) is 411 cm³/mol. The van der Waals surface area contributed by atoms with Crippen molar-refractivity contribution < 1.29 is 168 Å². The number of nitrogens with one attached hydrogen (secondary N) is 3. The Labute approximate surface area is 687 Å². The fourth-order valence-corrected chi connectivity index (χ4v) is 20.0. The number of benzene rings is 5. The van der Waals surface area contributed by atoms with Gasteiger partial charge in [0.1, 0.15) is 174 Å². The van der Waals surface area contributed by atoms with Crippen molar-refractivity contribution in [2.75, 3.05) is 60.5 Å². The van der Waals surface area contributed by atoms with Crippen molar-refractivity contribution in [2.45, 2.75) is 246 Å². The van der Waals surface area contributed by atoms with E-state index >= 15 is 0 Å². The van der Waals surface area contributed by atoms with Gasteiger partial charge in [-0.3, -0.25) is 0 Å². The van der Waals surface area contributed by atoms with E-state index in [-0.39, 0.29) is 41.9 Å². The predicted octanol–water partition coefficient (Wildman–Crippen LogP) is -4.68. The first-order valence-electron chi connectivity index (χ1n) is 38.4. The molecule has 5 aromatic carbocycles. The number of hydrogen-bond acceptors (Lipinski definition) is 43. The first-order valence-corrected chi connectivity index (χ1v) is 42.5. The Balaban J connectivity index is 0.762. The lowest BCUT2D eigenvalue weighted by atomic mass is 9.92. The first-order chi connectivity index (χ1) is 56.9. The molecule has 0 aliphatic carbocycles. The third-order valence-corrected chi connectivity index (χ3v) is 26.6. The lowest BCUT2D eigenvalue weighted by molar-refractivity contribution is -0.395. The first kappa shape index (κ1) is 86.5. The van der Waals surface area contributed by atoms with Crippen LogP contribution in [-0.2, 0) is 97.5 Å². The molecule has 24 aliphatic heterocycles. The van der Waals surface area contributed by atoms with Crippen molar-refractivity contribution in [2.24, 2.45) is 0 Å². The van der Waals surface area contributed by atoms with Crippen LogP contribution in [-0.4, -0.2) is 372 Å². The Hall–Kier alpha value is -5.02. The second-order valence-electron chi connectivity index (χ2n) is 30.4. The van der Waals surface area contributed by atoms with E-state index in [1.165, 1.54) is 46.2 Å². The summed E-state index contributed by atoms with van der Waals surface area (Å²) in [5.41, 5.74) is 4.51. The van der Waals surface area contributed by atoms with Crippen LogP contribution < -0.4 is 16.0 Å². The summed E-state index contributed by atoms with van der Waals surface area (Å²) in [6.45, 7) is -4.22. The smallest absolute Gasteiger partial charge is 0.187 e. The number of aliphatic hydroxyl groups is 19. The normalized spacial score (nSPS) is 41.4. The number of rotatable bonds is 8. The zero-order valence-electron chi connectivity index (χ0n) is 62.4. The van der Waals surface area contributed by atoms with Gasteiger partial charge in [-0.15, -0.1) is 22.7 Å². The number of thioether (sulfide) groups is 2. The summed E-state index contributed by atoms with van der Waals surface area (Å²) in [7, 11) is 0. The number of phenolic OH excluding ortho intramolecular Hbond substituents is 1. The standard InChI is InChI=1S/C75H95N5O34S4/c81-15-37-62-48(87)55(94)69(101-37)109-63-38(16-82)104-72(58(97)51(63)90)113-67-42-24-115-20-30-22-117-44(79-30)13-77-35-11-36(34-8-4-28-10-29(76-12-26-1-5-32(86)6-2-26)9-27-3-7-33(35)47(34)46(27)28)78-14-45-80-31(23-118-45)21-116-25-43-68(53(92)60(99)74(106-43)111-65-40(18-84)102-70(108-62)56(95)49(65)88)114-73-59(98)52(91)64(39(17-83)105-73)110-71-57(96)50(89)66(41(19-85)103-71)112-75(107-42)61(100)54(67)93/h1-11,22-23,37-43,48-78,81-100H,12-21,24-25H2/t37?,38?,39?,40?,41?,42?,43?,48?,49?,50?,51?,52?,53?,54?,55?,56?,57?,58?,59?,60?,61?,62-,63-,64-,65-,66-,67-,68-,69-,70-,71-,72-,73-,74-,75-/m1/s1. The summed E-state index contributed by atoms with van der Waals surface area (Å²) < 4.78 is 85.3. The molecule has 21 saturated heterocycles. The number of anilines is 3. The number of thiazole rings is 2. The van der Waals surface area contributed by atoms with Gasteiger partial charge in [0, 0.05) is 73.5 Å². The summed E-state index contributed by atoms with van der Waals surface area (Å²) in [5.74, 6) is 0.101. The lowest BCUT2D eigenvalue weighted by Crippen LogP contribution is -2.68. The maximum Gasteiger partial charge on any atom is 0.187 e. The van der Waals surface area contributed by atoms with Gasteiger partial charge in [0.05, 0.1) is 69.7 Å². The highest BCUT2D eigenvalue weighted by Gasteiger charge is 2.60. The number of aromatic nitrogens is 2. The van der Waals surface area contributed by atoms with Crippen LogP contribution in [0.4, 0.5) is 17.1 Å². The SMILES string of the molecule is OCC1O[C@@H]2O[C@@H]3C(CO)O[C@H](O[C@@H]4C5CSCc6csc(n6)CNc6cc(c7ccc8cc(NCc9ccc(O)cc9)cc9ccc6c7c98)NCc6nc(cs6)CSCC6O[C@H](O[C@@H]7C(CO)O[C@H](O[C@H]1C(O)C2O)C(O)C7O)C(O)C(O)[C@@H]6O[C@H]1OC(CO)[C@@H](O[C@H]2OC(CO)[C@@H](O[C@@H](O5)C(O)C4O)C(O)C2O)C(O)C1O)C(O)C3O. The zero-order valence-corrected chi connectivity index (χ0v) is 65.7. The summed E-state index contributed by atoms with van der Waals surface area (Å²) in [4.78, 5) is 9.94. The molecule has 22 bridgehead atoms. The van der Waals surface area contributed by atoms with Gasteiger partial charge in [-0.1, -0.05) is 36.4 Å². The second kappa shape index (κ2) is 37.0. The number of aliphatic hydroxyl groups excluding tert-OH is 19. The van der Waals surface area contributed by atoms with E-state index in [0.29, 0.717) is 27.9 Å². The average Bonchev–Trinajstić information content (AvgIpc) is 0.758. The minimum atomic E-state index is -2.22. The van der Waals surface area contributed by atoms with Crippen molar-refractivity contribution >= 4 is 95.6 Å². The quantitative estimate of drug-likeness (QED) is 0.0636. The minimum Gasteiger partial charge on any atom is -0.508 e. The highest BCUT2D eigenvalue weighted by atomic mass is 32.2. The van der Waals surface area contributed by atoms with Gasteiger partial charge in [-0.2, -0.15) is 23.5 Å². The molecule has 0 saturated carbocycles. The van der Waals surface area contributed by atoms with Crippen molar-refractivity contribution in [1.29, 1.82) is 0 Å². The molecule has 0 spiro atoms. The van der Waals surface area contributed by atoms with E-state index < -0.39 is 248 Å². The minimum absolute atomic E-state index is 0.157. The Morgan fingerprint density at radius 3 is 1.00 bits per heavy atom. The molecule has 0 amide bonds. The Kier molecular flexibility index (Phi) is 27.1. The molecule has 23 N–H and O–H groups in total. The van der Waals surface area contributed by atoms with Crippen LogP contribution in [0.15, 0.2) is 77.5 Å². The van der Waals surface area contributed by atoms with Crippen LogP contribution in [0.2, 0.25) is 0 Å². The molecule has 0 radical (unpaired) electrons. The highest BCUT2D eigenvalue weighted by molar-refractivity contribution is 7.98. The molecule has 43 heteroatoms. The molecule has 2 aromatic heterocycles. The van der Waals surface area contributed by atoms with Crippen LogP contribution in [0, 0.1) is 0 Å². The Morgan fingerprint density at radius 1 is 0.356 bits per heavy atom. The number of nitrogens with zero attached hydrogens (tertiary/aromatic N) is 2. The van der Waals surface area contributed by atoms with Gasteiger partial charge in [-0.05, 0) is 52.1 Å². The molecule has 31 rings (SSSR count). The largest absolute Gasteiger partial charge is 0.508 e. The Bertz CT molecular complexity index is 4320. The van der Waals surface area contributed by atoms with Gasteiger partial charge in [0.2, 0.25) is 0 Å². The van der Waals surface area contributed by atoms with Crippen molar-refractivity contribution in [3.05, 3.63) is 104 Å². The van der Waals surface area contributed by atoms with Gasteiger partial charge in [-0.25, -0.2) is 9.97 Å². The van der Waals surface area contributed by atoms with Crippen molar-refractivity contribution in [1.82, 2.24) is 9.97 Å². The number of phenols is 1. The van der Waals surface area contributed by atoms with E-state index in [2.05, 4.69) is 52.3 Å². The molecular weight excluding hydrogens is 1640 g/mol. The maximum absolute atomic E-state index is 12.3. The average molecular weight is 1740 g/mol. The van der Waals surface area contributed by atoms with Gasteiger partial charge in [0.25, 0.3) is 0 Å². The topological polar surface area (TPSA) is 596 Å². The maximum atomic E-state index is 12.3. The molecule has 648 valence electrons. The van der Waals surface area contributed by atoms with Crippen LogP contribution in [0.1, 0.15) is 27.0 Å². The van der Waals surface area contributed by atoms with Crippen LogP contribution >= 0.6 is 46.2 Å². The highest BCUT2D eigenvalue weighted by Crippen LogP contribution is 2.46.